The minimum absolute atomic E-state index is 0.0798. The van der Waals surface area contributed by atoms with Crippen LogP contribution in [-0.2, 0) is 16.1 Å². The average molecular weight is 315 g/mol. The Labute approximate surface area is 137 Å². The van der Waals surface area contributed by atoms with Crippen LogP contribution in [0, 0.1) is 5.92 Å². The zero-order chi connectivity index (χ0) is 15.6. The summed E-state index contributed by atoms with van der Waals surface area (Å²) in [6.07, 6.45) is 6.32. The van der Waals surface area contributed by atoms with E-state index in [1.165, 1.54) is 0 Å². The monoisotopic (exact) mass is 315 g/mol. The summed E-state index contributed by atoms with van der Waals surface area (Å²) < 4.78 is 5.94. The molecule has 1 amide bonds. The molecule has 3 aliphatic heterocycles. The summed E-state index contributed by atoms with van der Waals surface area (Å²) in [6.45, 7) is 4.35. The second-order valence-corrected chi connectivity index (χ2v) is 6.98. The molecule has 1 aromatic rings. The summed E-state index contributed by atoms with van der Waals surface area (Å²) in [5.74, 6) is 0.415. The third-order valence-corrected chi connectivity index (χ3v) is 5.47. The van der Waals surface area contributed by atoms with Gasteiger partial charge in [-0.05, 0) is 37.8 Å². The number of hydrogen-bond donors (Lipinski definition) is 0. The quantitative estimate of drug-likeness (QED) is 0.851. The molecule has 1 aromatic heterocycles. The van der Waals surface area contributed by atoms with Crippen molar-refractivity contribution in [2.24, 2.45) is 5.92 Å². The van der Waals surface area contributed by atoms with Crippen LogP contribution in [0.3, 0.4) is 0 Å². The Balaban J connectivity index is 1.49. The van der Waals surface area contributed by atoms with Gasteiger partial charge in [-0.15, -0.1) is 0 Å². The number of likely N-dealkylation sites (tertiary alicyclic amines) is 2. The first kappa shape index (κ1) is 15.1. The lowest BCUT2D eigenvalue weighted by molar-refractivity contribution is -0.139. The van der Waals surface area contributed by atoms with Crippen LogP contribution < -0.4 is 0 Å². The van der Waals surface area contributed by atoms with Gasteiger partial charge < -0.3 is 9.64 Å². The molecule has 0 bridgehead atoms. The minimum Gasteiger partial charge on any atom is -0.377 e. The molecule has 0 saturated carbocycles. The van der Waals surface area contributed by atoms with E-state index in [0.29, 0.717) is 11.9 Å². The van der Waals surface area contributed by atoms with Crippen molar-refractivity contribution in [1.82, 2.24) is 14.8 Å². The van der Waals surface area contributed by atoms with Crippen LogP contribution in [0.1, 0.15) is 31.4 Å². The Morgan fingerprint density at radius 2 is 2.17 bits per heavy atom. The Hall–Kier alpha value is -1.46. The van der Waals surface area contributed by atoms with Gasteiger partial charge in [0, 0.05) is 45.0 Å². The van der Waals surface area contributed by atoms with Crippen LogP contribution in [0.25, 0.3) is 0 Å². The second kappa shape index (κ2) is 6.57. The Bertz CT molecular complexity index is 544. The van der Waals surface area contributed by atoms with E-state index in [4.69, 9.17) is 4.74 Å². The zero-order valence-electron chi connectivity index (χ0n) is 13.6. The highest BCUT2D eigenvalue weighted by molar-refractivity contribution is 5.79. The van der Waals surface area contributed by atoms with Crippen molar-refractivity contribution in [2.75, 3.05) is 26.2 Å². The van der Waals surface area contributed by atoms with E-state index in [-0.39, 0.29) is 12.0 Å². The largest absolute Gasteiger partial charge is 0.377 e. The third kappa shape index (κ3) is 3.12. The number of nitrogens with zero attached hydrogens (tertiary/aromatic N) is 3. The molecule has 0 aromatic carbocycles. The number of carbonyl (C=O) groups is 1. The van der Waals surface area contributed by atoms with Gasteiger partial charge >= 0.3 is 0 Å². The molecule has 3 saturated heterocycles. The highest BCUT2D eigenvalue weighted by Crippen LogP contribution is 2.33. The zero-order valence-corrected chi connectivity index (χ0v) is 13.6. The van der Waals surface area contributed by atoms with Crippen LogP contribution in [0.2, 0.25) is 0 Å². The fraction of sp³-hybridized carbons (Fsp3) is 0.667. The van der Waals surface area contributed by atoms with Crippen molar-refractivity contribution < 1.29 is 9.53 Å². The number of pyridine rings is 1. The van der Waals surface area contributed by atoms with Gasteiger partial charge in [-0.25, -0.2) is 0 Å². The van der Waals surface area contributed by atoms with Gasteiger partial charge in [0.25, 0.3) is 0 Å². The summed E-state index contributed by atoms with van der Waals surface area (Å²) in [5.41, 5.74) is 1.08. The molecule has 0 spiro atoms. The molecule has 0 unspecified atom stereocenters. The lowest BCUT2D eigenvalue weighted by Gasteiger charge is -2.41. The standard InChI is InChI=1S/C18H25N3O2/c22-18(20-8-3-4-9-20)14-11-17-16(6-10-23-17)21(12-14)13-15-5-1-2-7-19-15/h1-2,5,7,14,16-17H,3-4,6,8-13H2/t14-,16+,17+/m1/s1. The number of fused-ring (bicyclic) bond motifs is 1. The van der Waals surface area contributed by atoms with E-state index in [9.17, 15) is 4.79 Å². The smallest absolute Gasteiger partial charge is 0.227 e. The fourth-order valence-corrected chi connectivity index (χ4v) is 4.31. The molecule has 0 aliphatic carbocycles. The Morgan fingerprint density at radius 3 is 2.96 bits per heavy atom. The minimum atomic E-state index is 0.0798. The molecule has 23 heavy (non-hydrogen) atoms. The predicted octanol–water partition coefficient (Wildman–Crippen LogP) is 1.68. The van der Waals surface area contributed by atoms with E-state index >= 15 is 0 Å². The van der Waals surface area contributed by atoms with Crippen LogP contribution in [0.15, 0.2) is 24.4 Å². The van der Waals surface area contributed by atoms with Gasteiger partial charge in [-0.3, -0.25) is 14.7 Å². The van der Waals surface area contributed by atoms with Crippen molar-refractivity contribution in [1.29, 1.82) is 0 Å². The Kier molecular flexibility index (Phi) is 4.31. The van der Waals surface area contributed by atoms with Crippen LogP contribution in [0.5, 0.6) is 0 Å². The van der Waals surface area contributed by atoms with Gasteiger partial charge in [-0.1, -0.05) is 6.07 Å². The molecule has 5 heteroatoms. The number of hydrogen-bond acceptors (Lipinski definition) is 4. The molecular weight excluding hydrogens is 290 g/mol. The molecule has 4 rings (SSSR count). The number of aromatic nitrogens is 1. The molecule has 3 fully saturated rings. The summed E-state index contributed by atoms with van der Waals surface area (Å²) >= 11 is 0. The highest BCUT2D eigenvalue weighted by atomic mass is 16.5. The van der Waals surface area contributed by atoms with E-state index in [0.717, 1.165) is 64.2 Å². The number of rotatable bonds is 3. The lowest BCUT2D eigenvalue weighted by atomic mass is 9.89. The van der Waals surface area contributed by atoms with Gasteiger partial charge in [-0.2, -0.15) is 0 Å². The van der Waals surface area contributed by atoms with Crippen LogP contribution >= 0.6 is 0 Å². The SMILES string of the molecule is O=C([C@@H]1C[C@@H]2OCC[C@@H]2N(Cc2ccccn2)C1)N1CCCC1. The highest BCUT2D eigenvalue weighted by Gasteiger charge is 2.43. The normalized spacial score (nSPS) is 31.3. The van der Waals surface area contributed by atoms with Crippen LogP contribution in [0.4, 0.5) is 0 Å². The van der Waals surface area contributed by atoms with Crippen molar-refractivity contribution in [3.63, 3.8) is 0 Å². The fourth-order valence-electron chi connectivity index (χ4n) is 4.31. The topological polar surface area (TPSA) is 45.7 Å². The molecule has 124 valence electrons. The van der Waals surface area contributed by atoms with Crippen LogP contribution in [-0.4, -0.2) is 59.1 Å². The molecule has 3 atom stereocenters. The maximum Gasteiger partial charge on any atom is 0.227 e. The molecule has 3 aliphatic rings. The number of amides is 1. The maximum atomic E-state index is 12.8. The van der Waals surface area contributed by atoms with E-state index in [1.54, 1.807) is 0 Å². The number of ether oxygens (including phenoxy) is 1. The van der Waals surface area contributed by atoms with Gasteiger partial charge in [0.15, 0.2) is 0 Å². The molecule has 4 heterocycles. The summed E-state index contributed by atoms with van der Waals surface area (Å²) in [7, 11) is 0. The van der Waals surface area contributed by atoms with E-state index in [1.807, 2.05) is 18.3 Å². The number of piperidine rings is 1. The molecule has 0 N–H and O–H groups in total. The number of carbonyl (C=O) groups excluding carboxylic acids is 1. The third-order valence-electron chi connectivity index (χ3n) is 5.47. The molecule has 0 radical (unpaired) electrons. The first-order chi connectivity index (χ1) is 11.3. The summed E-state index contributed by atoms with van der Waals surface area (Å²) in [6, 6.07) is 6.49. The van der Waals surface area contributed by atoms with Gasteiger partial charge in [0.1, 0.15) is 0 Å². The molecular formula is C18H25N3O2. The van der Waals surface area contributed by atoms with Crippen molar-refractivity contribution >= 4 is 5.91 Å². The predicted molar refractivity (Wildman–Crippen MR) is 86.7 cm³/mol. The van der Waals surface area contributed by atoms with E-state index in [2.05, 4.69) is 20.9 Å². The Morgan fingerprint density at radius 1 is 1.30 bits per heavy atom. The van der Waals surface area contributed by atoms with Crippen molar-refractivity contribution in [3.05, 3.63) is 30.1 Å². The van der Waals surface area contributed by atoms with E-state index < -0.39 is 0 Å². The van der Waals surface area contributed by atoms with Gasteiger partial charge in [0.05, 0.1) is 17.7 Å². The summed E-state index contributed by atoms with van der Waals surface area (Å²) in [5, 5.41) is 0. The second-order valence-electron chi connectivity index (χ2n) is 6.98. The van der Waals surface area contributed by atoms with Crippen molar-refractivity contribution in [2.45, 2.75) is 44.4 Å². The maximum absolute atomic E-state index is 12.8. The first-order valence-corrected chi connectivity index (χ1v) is 8.85. The van der Waals surface area contributed by atoms with Gasteiger partial charge in [0.2, 0.25) is 5.91 Å². The van der Waals surface area contributed by atoms with Crippen molar-refractivity contribution in [3.8, 4) is 0 Å². The summed E-state index contributed by atoms with van der Waals surface area (Å²) in [4.78, 5) is 21.8. The first-order valence-electron chi connectivity index (χ1n) is 8.85. The molecule has 5 nitrogen and oxygen atoms in total. The average Bonchev–Trinajstić information content (AvgIpc) is 3.26. The lowest BCUT2D eigenvalue weighted by Crippen LogP contribution is -2.52.